The maximum atomic E-state index is 11.8. The third-order valence-electron chi connectivity index (χ3n) is 3.10. The van der Waals surface area contributed by atoms with Crippen molar-refractivity contribution in [1.29, 1.82) is 0 Å². The zero-order chi connectivity index (χ0) is 18.2. The molecule has 0 aliphatic heterocycles. The smallest absolute Gasteiger partial charge is 0.336 e. The monoisotopic (exact) mass is 350 g/mol. The third kappa shape index (κ3) is 5.10. The normalized spacial score (nSPS) is 11.1. The molecule has 0 saturated carbocycles. The van der Waals surface area contributed by atoms with Crippen LogP contribution in [-0.4, -0.2) is 11.9 Å². The molecule has 0 aliphatic carbocycles. The topological polar surface area (TPSA) is 78.9 Å². The summed E-state index contributed by atoms with van der Waals surface area (Å²) >= 11 is 0. The molecular weight excluding hydrogens is 336 g/mol. The van der Waals surface area contributed by atoms with Gasteiger partial charge in [0, 0.05) is 18.2 Å². The van der Waals surface area contributed by atoms with E-state index in [2.05, 4.69) is 0 Å². The molecule has 0 bridgehead atoms. The Balaban J connectivity index is 1.57. The quantitative estimate of drug-likeness (QED) is 0.378. The molecule has 0 N–H and O–H groups in total. The number of carbonyl (C=O) groups is 2. The number of esters is 2. The van der Waals surface area contributed by atoms with E-state index < -0.39 is 11.9 Å². The fourth-order valence-corrected chi connectivity index (χ4v) is 1.97. The van der Waals surface area contributed by atoms with Gasteiger partial charge in [-0.3, -0.25) is 0 Å². The molecule has 3 rings (SSSR count). The second-order valence-corrected chi connectivity index (χ2v) is 5.01. The molecule has 26 heavy (non-hydrogen) atoms. The lowest BCUT2D eigenvalue weighted by atomic mass is 10.3. The van der Waals surface area contributed by atoms with E-state index in [1.165, 1.54) is 42.9 Å². The van der Waals surface area contributed by atoms with Gasteiger partial charge in [0.2, 0.25) is 0 Å². The van der Waals surface area contributed by atoms with Gasteiger partial charge in [-0.15, -0.1) is 0 Å². The fourth-order valence-electron chi connectivity index (χ4n) is 1.97. The summed E-state index contributed by atoms with van der Waals surface area (Å²) in [5.41, 5.74) is 0. The second kappa shape index (κ2) is 8.34. The summed E-state index contributed by atoms with van der Waals surface area (Å²) in [6.07, 6.45) is 8.47. The Morgan fingerprint density at radius 1 is 0.731 bits per heavy atom. The van der Waals surface area contributed by atoms with Gasteiger partial charge in [0.25, 0.3) is 0 Å². The van der Waals surface area contributed by atoms with Gasteiger partial charge in [0.15, 0.2) is 0 Å². The fraction of sp³-hybridized carbons (Fsp3) is 0. The van der Waals surface area contributed by atoms with E-state index in [9.17, 15) is 9.59 Å². The maximum absolute atomic E-state index is 11.8. The summed E-state index contributed by atoms with van der Waals surface area (Å²) in [6.45, 7) is 0. The lowest BCUT2D eigenvalue weighted by Crippen LogP contribution is -2.06. The molecule has 6 nitrogen and oxygen atoms in total. The van der Waals surface area contributed by atoms with Crippen LogP contribution in [0.25, 0.3) is 12.2 Å². The summed E-state index contributed by atoms with van der Waals surface area (Å²) in [5, 5.41) is 0. The summed E-state index contributed by atoms with van der Waals surface area (Å²) < 4.78 is 20.5. The molecule has 130 valence electrons. The van der Waals surface area contributed by atoms with Gasteiger partial charge in [-0.1, -0.05) is 6.07 Å². The van der Waals surface area contributed by atoms with Gasteiger partial charge in [-0.2, -0.15) is 0 Å². The number of rotatable bonds is 6. The van der Waals surface area contributed by atoms with Gasteiger partial charge < -0.3 is 18.3 Å². The Hall–Kier alpha value is -3.80. The van der Waals surface area contributed by atoms with Crippen molar-refractivity contribution in [3.05, 3.63) is 84.7 Å². The molecule has 1 aromatic carbocycles. The number of hydrogen-bond donors (Lipinski definition) is 0. The Morgan fingerprint density at radius 2 is 1.23 bits per heavy atom. The first kappa shape index (κ1) is 17.0. The van der Waals surface area contributed by atoms with E-state index in [4.69, 9.17) is 18.3 Å². The van der Waals surface area contributed by atoms with Crippen molar-refractivity contribution in [2.24, 2.45) is 0 Å². The van der Waals surface area contributed by atoms with Crippen LogP contribution in [0.5, 0.6) is 11.5 Å². The predicted molar refractivity (Wildman–Crippen MR) is 93.2 cm³/mol. The van der Waals surface area contributed by atoms with Gasteiger partial charge in [0.1, 0.15) is 23.0 Å². The molecule has 0 radical (unpaired) electrons. The van der Waals surface area contributed by atoms with Gasteiger partial charge >= 0.3 is 11.9 Å². The van der Waals surface area contributed by atoms with Crippen molar-refractivity contribution >= 4 is 24.1 Å². The second-order valence-electron chi connectivity index (χ2n) is 5.01. The minimum Gasteiger partial charge on any atom is -0.465 e. The Morgan fingerprint density at radius 3 is 1.65 bits per heavy atom. The molecule has 0 aliphatic rings. The van der Waals surface area contributed by atoms with E-state index in [1.807, 2.05) is 0 Å². The van der Waals surface area contributed by atoms with Crippen molar-refractivity contribution < 1.29 is 27.9 Å². The summed E-state index contributed by atoms with van der Waals surface area (Å²) in [4.78, 5) is 23.6. The van der Waals surface area contributed by atoms with E-state index in [0.717, 1.165) is 0 Å². The highest BCUT2D eigenvalue weighted by Crippen LogP contribution is 2.20. The molecule has 6 heteroatoms. The summed E-state index contributed by atoms with van der Waals surface area (Å²) in [6, 6.07) is 13.0. The Bertz CT molecular complexity index is 844. The predicted octanol–water partition coefficient (Wildman–Crippen LogP) is 4.11. The molecule has 0 spiro atoms. The number of benzene rings is 1. The third-order valence-corrected chi connectivity index (χ3v) is 3.10. The van der Waals surface area contributed by atoms with Crippen molar-refractivity contribution in [1.82, 2.24) is 0 Å². The lowest BCUT2D eigenvalue weighted by molar-refractivity contribution is -0.129. The Labute approximate surface area is 148 Å². The average Bonchev–Trinajstić information content (AvgIpc) is 3.32. The molecule has 0 saturated heterocycles. The standard InChI is InChI=1S/C20H14O6/c21-19(10-8-15-6-2-12-23-15)25-17-4-1-5-18(14-17)26-20(22)11-9-16-7-3-13-24-16/h1-14H. The highest BCUT2D eigenvalue weighted by molar-refractivity contribution is 5.89. The maximum Gasteiger partial charge on any atom is 0.336 e. The van der Waals surface area contributed by atoms with Crippen molar-refractivity contribution in [3.63, 3.8) is 0 Å². The molecule has 0 unspecified atom stereocenters. The summed E-state index contributed by atoms with van der Waals surface area (Å²) in [7, 11) is 0. The van der Waals surface area contributed by atoms with Crippen LogP contribution in [0, 0.1) is 0 Å². The molecule has 2 aromatic heterocycles. The van der Waals surface area contributed by atoms with Crippen LogP contribution in [0.4, 0.5) is 0 Å². The van der Waals surface area contributed by atoms with E-state index >= 15 is 0 Å². The number of ether oxygens (including phenoxy) is 2. The summed E-state index contributed by atoms with van der Waals surface area (Å²) in [5.74, 6) is 0.407. The van der Waals surface area contributed by atoms with Gasteiger partial charge in [0.05, 0.1) is 12.5 Å². The van der Waals surface area contributed by atoms with Crippen molar-refractivity contribution in [3.8, 4) is 11.5 Å². The number of hydrogen-bond acceptors (Lipinski definition) is 6. The molecule has 0 amide bonds. The number of carbonyl (C=O) groups excluding carboxylic acids is 2. The first-order valence-corrected chi connectivity index (χ1v) is 7.66. The van der Waals surface area contributed by atoms with Crippen LogP contribution in [-0.2, 0) is 9.59 Å². The highest BCUT2D eigenvalue weighted by atomic mass is 16.5. The van der Waals surface area contributed by atoms with Crippen LogP contribution >= 0.6 is 0 Å². The van der Waals surface area contributed by atoms with E-state index in [0.29, 0.717) is 11.5 Å². The first-order chi connectivity index (χ1) is 12.7. The SMILES string of the molecule is O=C(C=Cc1ccco1)Oc1cccc(OC(=O)C=Cc2ccco2)c1. The van der Waals surface area contributed by atoms with Crippen LogP contribution < -0.4 is 9.47 Å². The molecule has 0 atom stereocenters. The minimum atomic E-state index is -0.581. The molecule has 2 heterocycles. The highest BCUT2D eigenvalue weighted by Gasteiger charge is 2.05. The van der Waals surface area contributed by atoms with E-state index in [-0.39, 0.29) is 11.5 Å². The number of furan rings is 2. The molecule has 0 fully saturated rings. The average molecular weight is 350 g/mol. The van der Waals surface area contributed by atoms with Crippen LogP contribution in [0.15, 0.2) is 82.0 Å². The Kier molecular flexibility index (Phi) is 5.47. The zero-order valence-electron chi connectivity index (χ0n) is 13.5. The van der Waals surface area contributed by atoms with Crippen LogP contribution in [0.1, 0.15) is 11.5 Å². The van der Waals surface area contributed by atoms with Gasteiger partial charge in [-0.25, -0.2) is 9.59 Å². The first-order valence-electron chi connectivity index (χ1n) is 7.66. The van der Waals surface area contributed by atoms with E-state index in [1.54, 1.807) is 42.5 Å². The minimum absolute atomic E-state index is 0.249. The van der Waals surface area contributed by atoms with Crippen LogP contribution in [0.2, 0.25) is 0 Å². The molecule has 3 aromatic rings. The molecular formula is C20H14O6. The largest absolute Gasteiger partial charge is 0.465 e. The van der Waals surface area contributed by atoms with Crippen LogP contribution in [0.3, 0.4) is 0 Å². The lowest BCUT2D eigenvalue weighted by Gasteiger charge is -2.04. The van der Waals surface area contributed by atoms with Crippen molar-refractivity contribution in [2.75, 3.05) is 0 Å². The zero-order valence-corrected chi connectivity index (χ0v) is 13.5. The van der Waals surface area contributed by atoms with Gasteiger partial charge in [-0.05, 0) is 48.6 Å². The van der Waals surface area contributed by atoms with Crippen molar-refractivity contribution in [2.45, 2.75) is 0 Å².